The number of rotatable bonds is 6. The Morgan fingerprint density at radius 2 is 2.00 bits per heavy atom. The van der Waals surface area contributed by atoms with E-state index < -0.39 is 0 Å². The lowest BCUT2D eigenvalue weighted by molar-refractivity contribution is 0.339. The molecule has 0 unspecified atom stereocenters. The zero-order valence-electron chi connectivity index (χ0n) is 11.7. The number of benzene rings is 1. The van der Waals surface area contributed by atoms with Crippen molar-refractivity contribution in [2.24, 2.45) is 0 Å². The summed E-state index contributed by atoms with van der Waals surface area (Å²) in [7, 11) is 0. The molecule has 0 fully saturated rings. The Kier molecular flexibility index (Phi) is 4.91. The molecule has 0 atom stereocenters. The molecule has 1 aromatic rings. The molecule has 0 aliphatic carbocycles. The second-order valence-corrected chi connectivity index (χ2v) is 4.88. The van der Waals surface area contributed by atoms with Gasteiger partial charge in [0.2, 0.25) is 0 Å². The van der Waals surface area contributed by atoms with Crippen LogP contribution in [-0.2, 0) is 0 Å². The summed E-state index contributed by atoms with van der Waals surface area (Å²) in [5, 5.41) is 2.05. The molecule has 1 aliphatic rings. The Morgan fingerprint density at radius 1 is 1.21 bits per heavy atom. The van der Waals surface area contributed by atoms with Gasteiger partial charge in [0.1, 0.15) is 5.75 Å². The topological polar surface area (TPSA) is 26.6 Å². The molecule has 1 aromatic carbocycles. The molecule has 1 heterocycles. The van der Waals surface area contributed by atoms with Crippen molar-refractivity contribution in [2.75, 3.05) is 24.6 Å². The number of aliphatic imine (C=N–C) groups is 1. The Morgan fingerprint density at radius 3 is 2.58 bits per heavy atom. The van der Waals surface area contributed by atoms with Crippen LogP contribution in [0.15, 0.2) is 23.6 Å². The van der Waals surface area contributed by atoms with Crippen LogP contribution in [0.25, 0.3) is 5.70 Å². The van der Waals surface area contributed by atoms with Gasteiger partial charge in [-0.05, 0) is 44.7 Å². The molecule has 1 radical (unpaired) electrons. The van der Waals surface area contributed by atoms with Crippen LogP contribution in [0.5, 0.6) is 5.75 Å². The van der Waals surface area contributed by atoms with Crippen LogP contribution in [0, 0.1) is 0 Å². The van der Waals surface area contributed by atoms with E-state index in [1.54, 1.807) is 11.8 Å². The van der Waals surface area contributed by atoms with Gasteiger partial charge in [0.05, 0.1) is 22.6 Å². The molecule has 1 aliphatic heterocycles. The first-order valence-electron chi connectivity index (χ1n) is 6.70. The van der Waals surface area contributed by atoms with Gasteiger partial charge in [0.15, 0.2) is 0 Å². The van der Waals surface area contributed by atoms with Crippen molar-refractivity contribution in [2.45, 2.75) is 20.8 Å². The highest BCUT2D eigenvalue weighted by Crippen LogP contribution is 2.32. The molecule has 101 valence electrons. The van der Waals surface area contributed by atoms with Gasteiger partial charge in [-0.25, -0.2) is 0 Å². The van der Waals surface area contributed by atoms with Crippen molar-refractivity contribution < 1.29 is 4.74 Å². The lowest BCUT2D eigenvalue weighted by Crippen LogP contribution is -2.21. The predicted molar refractivity (Wildman–Crippen MR) is 84.9 cm³/mol. The summed E-state index contributed by atoms with van der Waals surface area (Å²) >= 11 is 1.60. The fraction of sp³-hybridized carbons (Fsp3) is 0.400. The third-order valence-corrected chi connectivity index (χ3v) is 3.69. The third kappa shape index (κ3) is 3.13. The van der Waals surface area contributed by atoms with Crippen LogP contribution in [0.4, 0.5) is 5.69 Å². The minimum Gasteiger partial charge on any atom is -0.493 e. The highest BCUT2D eigenvalue weighted by Gasteiger charge is 2.21. The van der Waals surface area contributed by atoms with E-state index in [4.69, 9.17) is 4.74 Å². The van der Waals surface area contributed by atoms with E-state index in [0.717, 1.165) is 30.1 Å². The first-order chi connectivity index (χ1) is 9.30. The SMILES string of the molecule is CCOc1cc(N(CC)CC)ccc1C1=CSC=[N+]1. The average Bonchev–Trinajstić information content (AvgIpc) is 2.95. The summed E-state index contributed by atoms with van der Waals surface area (Å²) in [6.07, 6.45) is 0. The third-order valence-electron chi connectivity index (χ3n) is 3.10. The fourth-order valence-corrected chi connectivity index (χ4v) is 2.68. The predicted octanol–water partition coefficient (Wildman–Crippen LogP) is 3.34. The zero-order valence-corrected chi connectivity index (χ0v) is 12.5. The van der Waals surface area contributed by atoms with Gasteiger partial charge in [-0.15, -0.1) is 0 Å². The van der Waals surface area contributed by atoms with Crippen molar-refractivity contribution >= 4 is 28.7 Å². The van der Waals surface area contributed by atoms with Crippen LogP contribution in [0.2, 0.25) is 0 Å². The van der Waals surface area contributed by atoms with Gasteiger partial charge in [-0.1, -0.05) is 0 Å². The molecule has 0 saturated heterocycles. The number of ether oxygens (including phenoxy) is 1. The zero-order chi connectivity index (χ0) is 13.7. The summed E-state index contributed by atoms with van der Waals surface area (Å²) in [5.41, 5.74) is 5.11. The molecule has 0 amide bonds. The van der Waals surface area contributed by atoms with Gasteiger partial charge in [-0.2, -0.15) is 0 Å². The molecule has 0 saturated carbocycles. The average molecular weight is 276 g/mol. The highest BCUT2D eigenvalue weighted by atomic mass is 32.2. The molecule has 0 spiro atoms. The number of anilines is 1. The van der Waals surface area contributed by atoms with E-state index in [0.29, 0.717) is 6.61 Å². The van der Waals surface area contributed by atoms with Crippen molar-refractivity contribution in [3.8, 4) is 5.75 Å². The van der Waals surface area contributed by atoms with Crippen molar-refractivity contribution in [1.82, 2.24) is 4.99 Å². The van der Waals surface area contributed by atoms with Gasteiger partial charge >= 0.3 is 0 Å². The van der Waals surface area contributed by atoms with Gasteiger partial charge < -0.3 is 9.64 Å². The number of hydrogen-bond donors (Lipinski definition) is 0. The Bertz CT molecular complexity index is 493. The minimum atomic E-state index is 0.666. The molecular weight excluding hydrogens is 256 g/mol. The molecule has 19 heavy (non-hydrogen) atoms. The largest absolute Gasteiger partial charge is 0.493 e. The summed E-state index contributed by atoms with van der Waals surface area (Å²) in [5.74, 6) is 0.915. The first-order valence-corrected chi connectivity index (χ1v) is 7.64. The van der Waals surface area contributed by atoms with Crippen molar-refractivity contribution in [3.05, 3.63) is 29.2 Å². The minimum absolute atomic E-state index is 0.666. The summed E-state index contributed by atoms with van der Waals surface area (Å²) in [4.78, 5) is 6.68. The summed E-state index contributed by atoms with van der Waals surface area (Å²) in [6.45, 7) is 9.00. The first kappa shape index (κ1) is 14.0. The Balaban J connectivity index is 2.37. The summed E-state index contributed by atoms with van der Waals surface area (Å²) in [6, 6.07) is 6.36. The molecule has 0 aromatic heterocycles. The standard InChI is InChI=1S/C15H20N2OS/c1-4-17(5-2)12-7-8-13(14-10-19-11-16-14)15(9-12)18-6-3/h7-11H,4-6H2,1-3H3/q+1. The normalized spacial score (nSPS) is 13.5. The van der Waals surface area contributed by atoms with E-state index >= 15 is 0 Å². The number of nitrogens with zero attached hydrogens (tertiary/aromatic N) is 2. The number of thioether (sulfide) groups is 1. The van der Waals surface area contributed by atoms with Gasteiger partial charge in [0.25, 0.3) is 11.2 Å². The molecule has 2 rings (SSSR count). The second kappa shape index (κ2) is 6.66. The smallest absolute Gasteiger partial charge is 0.295 e. The second-order valence-electron chi connectivity index (χ2n) is 4.16. The quantitative estimate of drug-likeness (QED) is 0.797. The number of hydrogen-bond acceptors (Lipinski definition) is 4. The van der Waals surface area contributed by atoms with Crippen LogP contribution >= 0.6 is 11.8 Å². The fourth-order valence-electron chi connectivity index (χ4n) is 2.13. The van der Waals surface area contributed by atoms with E-state index in [9.17, 15) is 0 Å². The van der Waals surface area contributed by atoms with Crippen LogP contribution < -0.4 is 14.6 Å². The molecule has 0 bridgehead atoms. The monoisotopic (exact) mass is 276 g/mol. The van der Waals surface area contributed by atoms with E-state index in [1.165, 1.54) is 5.69 Å². The van der Waals surface area contributed by atoms with Crippen LogP contribution in [0.1, 0.15) is 26.3 Å². The van der Waals surface area contributed by atoms with Crippen molar-refractivity contribution in [1.29, 1.82) is 0 Å². The van der Waals surface area contributed by atoms with Crippen LogP contribution in [-0.4, -0.2) is 25.2 Å². The lowest BCUT2D eigenvalue weighted by atomic mass is 10.1. The Labute approximate surface area is 119 Å². The maximum atomic E-state index is 5.78. The van der Waals surface area contributed by atoms with E-state index in [-0.39, 0.29) is 0 Å². The molecule has 0 N–H and O–H groups in total. The van der Waals surface area contributed by atoms with Gasteiger partial charge in [-0.3, -0.25) is 0 Å². The highest BCUT2D eigenvalue weighted by molar-refractivity contribution is 8.15. The van der Waals surface area contributed by atoms with E-state index in [2.05, 4.69) is 47.3 Å². The van der Waals surface area contributed by atoms with Crippen molar-refractivity contribution in [3.63, 3.8) is 0 Å². The summed E-state index contributed by atoms with van der Waals surface area (Å²) < 4.78 is 5.78. The maximum absolute atomic E-state index is 5.78. The van der Waals surface area contributed by atoms with E-state index in [1.807, 2.05) is 12.5 Å². The Hall–Kier alpha value is -1.42. The molecule has 4 heteroatoms. The maximum Gasteiger partial charge on any atom is 0.295 e. The molecule has 3 nitrogen and oxygen atoms in total. The molecular formula is C15H20N2OS+. The van der Waals surface area contributed by atoms with Crippen LogP contribution in [0.3, 0.4) is 0 Å². The van der Waals surface area contributed by atoms with Gasteiger partial charge in [0, 0.05) is 24.8 Å². The lowest BCUT2D eigenvalue weighted by Gasteiger charge is -2.22.